The molecule has 5 nitrogen and oxygen atoms in total. The van der Waals surface area contributed by atoms with Gasteiger partial charge in [0.2, 0.25) is 0 Å². The topological polar surface area (TPSA) is 56.8 Å². The maximum atomic E-state index is 13.8. The van der Waals surface area contributed by atoms with E-state index in [9.17, 15) is 9.18 Å². The highest BCUT2D eigenvalue weighted by Gasteiger charge is 2.31. The van der Waals surface area contributed by atoms with Crippen molar-refractivity contribution < 1.29 is 23.4 Å². The zero-order valence-corrected chi connectivity index (χ0v) is 19.9. The number of esters is 1. The Morgan fingerprint density at radius 3 is 2.65 bits per heavy atom. The van der Waals surface area contributed by atoms with Crippen LogP contribution in [0.25, 0.3) is 0 Å². The van der Waals surface area contributed by atoms with Gasteiger partial charge >= 0.3 is 5.97 Å². The summed E-state index contributed by atoms with van der Waals surface area (Å²) >= 11 is 0. The third-order valence-electron chi connectivity index (χ3n) is 6.57. The van der Waals surface area contributed by atoms with Crippen molar-refractivity contribution in [2.45, 2.75) is 38.3 Å². The molecule has 0 aliphatic carbocycles. The van der Waals surface area contributed by atoms with Gasteiger partial charge in [-0.25, -0.2) is 9.18 Å². The summed E-state index contributed by atoms with van der Waals surface area (Å²) in [7, 11) is 2.86. The average Bonchev–Trinajstić information content (AvgIpc) is 2.86. The van der Waals surface area contributed by atoms with Crippen molar-refractivity contribution in [2.24, 2.45) is 0 Å². The Balaban J connectivity index is 1.56. The molecule has 178 valence electrons. The maximum Gasteiger partial charge on any atom is 0.338 e. The van der Waals surface area contributed by atoms with Gasteiger partial charge in [-0.1, -0.05) is 36.4 Å². The minimum Gasteiger partial charge on any atom is -0.494 e. The average molecular weight is 464 g/mol. The highest BCUT2D eigenvalue weighted by atomic mass is 19.1. The third kappa shape index (κ3) is 4.77. The van der Waals surface area contributed by atoms with Gasteiger partial charge in [-0.05, 0) is 61.2 Å². The predicted molar refractivity (Wildman–Crippen MR) is 129 cm³/mol. The number of rotatable bonds is 7. The highest BCUT2D eigenvalue weighted by molar-refractivity contribution is 5.91. The summed E-state index contributed by atoms with van der Waals surface area (Å²) in [5.74, 6) is 0.460. The first-order valence-electron chi connectivity index (χ1n) is 11.4. The van der Waals surface area contributed by atoms with E-state index in [4.69, 9.17) is 14.2 Å². The lowest BCUT2D eigenvalue weighted by molar-refractivity contribution is 0.0599. The molecule has 3 aromatic rings. The molecule has 0 saturated carbocycles. The first-order valence-corrected chi connectivity index (χ1v) is 11.4. The lowest BCUT2D eigenvalue weighted by Gasteiger charge is -2.34. The molecule has 6 heteroatoms. The molecule has 1 aliphatic heterocycles. The summed E-state index contributed by atoms with van der Waals surface area (Å²) in [6, 6.07) is 18.7. The predicted octanol–water partition coefficient (Wildman–Crippen LogP) is 5.56. The van der Waals surface area contributed by atoms with Crippen molar-refractivity contribution in [1.82, 2.24) is 5.32 Å². The molecule has 0 fully saturated rings. The Hall–Kier alpha value is -3.38. The number of carbonyl (C=O) groups is 1. The molecule has 0 radical (unpaired) electrons. The van der Waals surface area contributed by atoms with Gasteiger partial charge in [-0.3, -0.25) is 0 Å². The number of carbonyl (C=O) groups excluding carboxylic acids is 1. The van der Waals surface area contributed by atoms with Gasteiger partial charge in [0.25, 0.3) is 0 Å². The van der Waals surface area contributed by atoms with Crippen LogP contribution in [0.1, 0.15) is 57.9 Å². The first-order chi connectivity index (χ1) is 16.4. The molecule has 3 atom stereocenters. The summed E-state index contributed by atoms with van der Waals surface area (Å²) < 4.78 is 30.2. The van der Waals surface area contributed by atoms with E-state index in [0.717, 1.165) is 34.4 Å². The number of benzene rings is 3. The van der Waals surface area contributed by atoms with Crippen LogP contribution in [0.15, 0.2) is 60.7 Å². The van der Waals surface area contributed by atoms with Crippen molar-refractivity contribution in [3.05, 3.63) is 94.3 Å². The number of ether oxygens (including phenoxy) is 3. The Morgan fingerprint density at radius 1 is 1.12 bits per heavy atom. The Kier molecular flexibility index (Phi) is 7.17. The van der Waals surface area contributed by atoms with Crippen LogP contribution in [0, 0.1) is 12.7 Å². The minimum absolute atomic E-state index is 0.0156. The van der Waals surface area contributed by atoms with Crippen molar-refractivity contribution in [1.29, 1.82) is 0 Å². The summed E-state index contributed by atoms with van der Waals surface area (Å²) in [4.78, 5) is 12.3. The number of hydrogen-bond acceptors (Lipinski definition) is 5. The van der Waals surface area contributed by atoms with Gasteiger partial charge in [0.05, 0.1) is 19.8 Å². The SMILES string of the molecule is COC(=O)c1cccc(C2C[C@H](CN[C@H](C)c3ccc(F)c(OC)c3)Oc3ccccc32)c1C. The molecule has 0 aromatic heterocycles. The van der Waals surface area contributed by atoms with E-state index in [1.165, 1.54) is 20.3 Å². The van der Waals surface area contributed by atoms with Gasteiger partial charge in [0.15, 0.2) is 11.6 Å². The van der Waals surface area contributed by atoms with Crippen molar-refractivity contribution in [3.8, 4) is 11.5 Å². The molecular weight excluding hydrogens is 433 g/mol. The Morgan fingerprint density at radius 2 is 1.88 bits per heavy atom. The summed E-state index contributed by atoms with van der Waals surface area (Å²) in [5.41, 5.74) is 4.65. The van der Waals surface area contributed by atoms with Crippen LogP contribution in [0.3, 0.4) is 0 Å². The highest BCUT2D eigenvalue weighted by Crippen LogP contribution is 2.42. The summed E-state index contributed by atoms with van der Waals surface area (Å²) in [5, 5.41) is 3.52. The zero-order chi connectivity index (χ0) is 24.2. The molecule has 1 N–H and O–H groups in total. The molecule has 1 heterocycles. The quantitative estimate of drug-likeness (QED) is 0.465. The van der Waals surface area contributed by atoms with E-state index in [2.05, 4.69) is 17.4 Å². The van der Waals surface area contributed by atoms with Crippen LogP contribution in [-0.4, -0.2) is 32.8 Å². The Bertz CT molecular complexity index is 1180. The van der Waals surface area contributed by atoms with Gasteiger partial charge in [-0.2, -0.15) is 0 Å². The lowest BCUT2D eigenvalue weighted by atomic mass is 9.81. The van der Waals surface area contributed by atoms with Crippen LogP contribution in [0.5, 0.6) is 11.5 Å². The summed E-state index contributed by atoms with van der Waals surface area (Å²) in [6.07, 6.45) is 0.681. The second-order valence-electron chi connectivity index (χ2n) is 8.60. The monoisotopic (exact) mass is 463 g/mol. The van der Waals surface area contributed by atoms with E-state index >= 15 is 0 Å². The smallest absolute Gasteiger partial charge is 0.338 e. The zero-order valence-electron chi connectivity index (χ0n) is 19.9. The molecule has 0 bridgehead atoms. The molecule has 1 aliphatic rings. The molecular formula is C28H30FNO4. The number of para-hydroxylation sites is 1. The normalized spacial score (nSPS) is 17.9. The fourth-order valence-corrected chi connectivity index (χ4v) is 4.65. The largest absolute Gasteiger partial charge is 0.494 e. The van der Waals surface area contributed by atoms with E-state index < -0.39 is 0 Å². The van der Waals surface area contributed by atoms with E-state index in [-0.39, 0.29) is 35.6 Å². The fourth-order valence-electron chi connectivity index (χ4n) is 4.65. The third-order valence-corrected chi connectivity index (χ3v) is 6.57. The molecule has 34 heavy (non-hydrogen) atoms. The maximum absolute atomic E-state index is 13.8. The number of halogens is 1. The molecule has 0 saturated heterocycles. The fraction of sp³-hybridized carbons (Fsp3) is 0.321. The van der Waals surface area contributed by atoms with Crippen LogP contribution in [0.4, 0.5) is 4.39 Å². The molecule has 4 rings (SSSR count). The van der Waals surface area contributed by atoms with E-state index in [1.54, 1.807) is 18.2 Å². The number of hydrogen-bond donors (Lipinski definition) is 1. The van der Waals surface area contributed by atoms with Gasteiger partial charge in [-0.15, -0.1) is 0 Å². The molecule has 0 amide bonds. The summed E-state index contributed by atoms with van der Waals surface area (Å²) in [6.45, 7) is 4.61. The molecule has 0 spiro atoms. The van der Waals surface area contributed by atoms with Gasteiger partial charge in [0.1, 0.15) is 11.9 Å². The molecule has 1 unspecified atom stereocenters. The Labute approximate surface area is 199 Å². The number of fused-ring (bicyclic) bond motifs is 1. The van der Waals surface area contributed by atoms with Crippen LogP contribution in [-0.2, 0) is 4.74 Å². The number of nitrogens with one attached hydrogen (secondary N) is 1. The van der Waals surface area contributed by atoms with Crippen molar-refractivity contribution >= 4 is 5.97 Å². The standard InChI is InChI=1S/C28H30FNO4/c1-17-21(9-7-10-22(17)28(31)33-4)24-15-20(34-26-11-6-5-8-23(24)26)16-30-18(2)19-12-13-25(29)27(14-19)32-3/h5-14,18,20,24,30H,15-16H2,1-4H3/t18-,20-,24?/m1/s1. The van der Waals surface area contributed by atoms with Gasteiger partial charge < -0.3 is 19.5 Å². The first kappa shape index (κ1) is 23.8. The minimum atomic E-state index is -0.377. The number of methoxy groups -OCH3 is 2. The van der Waals surface area contributed by atoms with E-state index in [0.29, 0.717) is 12.1 Å². The molecule has 3 aromatic carbocycles. The lowest BCUT2D eigenvalue weighted by Crippen LogP contribution is -2.37. The van der Waals surface area contributed by atoms with Crippen LogP contribution < -0.4 is 14.8 Å². The van der Waals surface area contributed by atoms with Crippen LogP contribution >= 0.6 is 0 Å². The second kappa shape index (κ2) is 10.3. The van der Waals surface area contributed by atoms with Crippen molar-refractivity contribution in [2.75, 3.05) is 20.8 Å². The van der Waals surface area contributed by atoms with E-state index in [1.807, 2.05) is 38.1 Å². The van der Waals surface area contributed by atoms with Gasteiger partial charge in [0, 0.05) is 24.1 Å². The van der Waals surface area contributed by atoms with Crippen LogP contribution in [0.2, 0.25) is 0 Å². The van der Waals surface area contributed by atoms with Crippen molar-refractivity contribution in [3.63, 3.8) is 0 Å². The second-order valence-corrected chi connectivity index (χ2v) is 8.60.